The number of nitrogen functional groups attached to an aromatic ring is 1. The summed E-state index contributed by atoms with van der Waals surface area (Å²) in [6.45, 7) is 4.24. The van der Waals surface area contributed by atoms with E-state index in [0.717, 1.165) is 6.42 Å². The molecule has 1 aromatic heterocycles. The highest BCUT2D eigenvalue weighted by molar-refractivity contribution is 6.14. The van der Waals surface area contributed by atoms with Crippen LogP contribution in [0.25, 0.3) is 0 Å². The molecular formula is C25H29N5O4. The van der Waals surface area contributed by atoms with Gasteiger partial charge in [0.2, 0.25) is 5.91 Å². The molecule has 4 N–H and O–H groups in total. The molecule has 0 bridgehead atoms. The summed E-state index contributed by atoms with van der Waals surface area (Å²) >= 11 is 0. The Kier molecular flexibility index (Phi) is 8.02. The minimum Gasteiger partial charge on any atom is -0.383 e. The second-order valence-corrected chi connectivity index (χ2v) is 7.80. The van der Waals surface area contributed by atoms with Crippen LogP contribution >= 0.6 is 0 Å². The number of carbonyl (C=O) groups is 2. The number of aromatic amines is 1. The van der Waals surface area contributed by atoms with E-state index in [1.807, 2.05) is 13.0 Å². The van der Waals surface area contributed by atoms with Crippen LogP contribution in [-0.4, -0.2) is 34.3 Å². The van der Waals surface area contributed by atoms with Crippen LogP contribution < -0.4 is 27.2 Å². The lowest BCUT2D eigenvalue weighted by molar-refractivity contribution is -0.115. The molecule has 3 aromatic rings. The monoisotopic (exact) mass is 463 g/mol. The van der Waals surface area contributed by atoms with Crippen molar-refractivity contribution in [2.75, 3.05) is 29.0 Å². The lowest BCUT2D eigenvalue weighted by Crippen LogP contribution is -2.41. The first-order chi connectivity index (χ1) is 16.4. The van der Waals surface area contributed by atoms with Crippen LogP contribution in [0.1, 0.15) is 42.6 Å². The normalized spacial score (nSPS) is 10.6. The number of anilines is 3. The molecule has 0 aliphatic carbocycles. The van der Waals surface area contributed by atoms with Crippen molar-refractivity contribution >= 4 is 28.9 Å². The number of nitrogens with two attached hydrogens (primary N) is 1. The fourth-order valence-electron chi connectivity index (χ4n) is 3.67. The molecule has 0 aliphatic rings. The molecule has 1 amide bonds. The number of nitrogens with zero attached hydrogens (tertiary/aromatic N) is 2. The number of para-hydroxylation sites is 1. The molecule has 9 heteroatoms. The van der Waals surface area contributed by atoms with Crippen LogP contribution in [0.5, 0.6) is 0 Å². The van der Waals surface area contributed by atoms with Crippen molar-refractivity contribution in [1.29, 1.82) is 0 Å². The smallest absolute Gasteiger partial charge is 0.330 e. The SMILES string of the molecule is CCCCn1c(N)c(N(CC)CC(=O)Nc2ccccc2C(=O)c2ccccc2)c(=O)[nH]c1=O. The summed E-state index contributed by atoms with van der Waals surface area (Å²) in [6, 6.07) is 15.5. The number of ketones is 1. The first-order valence-electron chi connectivity index (χ1n) is 11.2. The number of likely N-dealkylation sites (N-methyl/N-ethyl adjacent to an activating group) is 1. The third kappa shape index (κ3) is 5.43. The fraction of sp³-hybridized carbons (Fsp3) is 0.280. The van der Waals surface area contributed by atoms with Crippen LogP contribution in [0.4, 0.5) is 17.2 Å². The van der Waals surface area contributed by atoms with Crippen molar-refractivity contribution in [3.05, 3.63) is 86.6 Å². The Balaban J connectivity index is 1.85. The Labute approximate surface area is 197 Å². The molecule has 2 aromatic carbocycles. The lowest BCUT2D eigenvalue weighted by Gasteiger charge is -2.24. The van der Waals surface area contributed by atoms with Crippen LogP contribution in [0.15, 0.2) is 64.2 Å². The van der Waals surface area contributed by atoms with Gasteiger partial charge in [0.25, 0.3) is 5.56 Å². The van der Waals surface area contributed by atoms with E-state index in [2.05, 4.69) is 10.3 Å². The van der Waals surface area contributed by atoms with E-state index < -0.39 is 17.2 Å². The van der Waals surface area contributed by atoms with E-state index >= 15 is 0 Å². The Hall–Kier alpha value is -4.14. The summed E-state index contributed by atoms with van der Waals surface area (Å²) in [7, 11) is 0. The minimum atomic E-state index is -0.649. The second-order valence-electron chi connectivity index (χ2n) is 7.80. The molecule has 178 valence electrons. The van der Waals surface area contributed by atoms with E-state index in [-0.39, 0.29) is 23.8 Å². The number of H-pyrrole nitrogens is 1. The summed E-state index contributed by atoms with van der Waals surface area (Å²) in [6.07, 6.45) is 1.57. The molecule has 0 spiro atoms. The first-order valence-corrected chi connectivity index (χ1v) is 11.2. The summed E-state index contributed by atoms with van der Waals surface area (Å²) in [5.41, 5.74) is 6.26. The summed E-state index contributed by atoms with van der Waals surface area (Å²) in [5.74, 6) is -0.621. The van der Waals surface area contributed by atoms with Gasteiger partial charge in [-0.2, -0.15) is 0 Å². The number of nitrogens with one attached hydrogen (secondary N) is 2. The molecule has 0 saturated carbocycles. The molecule has 3 rings (SSSR count). The van der Waals surface area contributed by atoms with Crippen LogP contribution in [0.2, 0.25) is 0 Å². The van der Waals surface area contributed by atoms with Crippen LogP contribution in [-0.2, 0) is 11.3 Å². The molecule has 0 unspecified atom stereocenters. The zero-order valence-corrected chi connectivity index (χ0v) is 19.3. The number of amides is 1. The van der Waals surface area contributed by atoms with Gasteiger partial charge in [-0.3, -0.25) is 23.9 Å². The highest BCUT2D eigenvalue weighted by Gasteiger charge is 2.21. The average molecular weight is 464 g/mol. The molecule has 0 radical (unpaired) electrons. The van der Waals surface area contributed by atoms with Crippen molar-refractivity contribution < 1.29 is 9.59 Å². The maximum absolute atomic E-state index is 12.9. The van der Waals surface area contributed by atoms with Crippen LogP contribution in [0.3, 0.4) is 0 Å². The second kappa shape index (κ2) is 11.1. The molecule has 0 saturated heterocycles. The summed E-state index contributed by atoms with van der Waals surface area (Å²) in [5, 5.41) is 2.77. The standard InChI is InChI=1S/C25H29N5O4/c1-3-5-15-30-23(26)21(24(33)28-25(30)34)29(4-2)16-20(31)27-19-14-10-9-13-18(19)22(32)17-11-7-6-8-12-17/h6-14H,3-5,15-16,26H2,1-2H3,(H,27,31)(H,28,33,34). The predicted molar refractivity (Wildman–Crippen MR) is 133 cm³/mol. The minimum absolute atomic E-state index is 0.0245. The highest BCUT2D eigenvalue weighted by Crippen LogP contribution is 2.21. The number of benzene rings is 2. The summed E-state index contributed by atoms with van der Waals surface area (Å²) < 4.78 is 1.31. The van der Waals surface area contributed by atoms with Gasteiger partial charge < -0.3 is 16.0 Å². The topological polar surface area (TPSA) is 130 Å². The largest absolute Gasteiger partial charge is 0.383 e. The Morgan fingerprint density at radius 1 is 1.03 bits per heavy atom. The molecular weight excluding hydrogens is 434 g/mol. The predicted octanol–water partition coefficient (Wildman–Crippen LogP) is 2.61. The van der Waals surface area contributed by atoms with Crippen molar-refractivity contribution in [1.82, 2.24) is 9.55 Å². The van der Waals surface area contributed by atoms with Gasteiger partial charge in [-0.1, -0.05) is 55.8 Å². The number of hydrogen-bond acceptors (Lipinski definition) is 6. The van der Waals surface area contributed by atoms with Crippen molar-refractivity contribution in [2.45, 2.75) is 33.2 Å². The average Bonchev–Trinajstić information content (AvgIpc) is 2.83. The van der Waals surface area contributed by atoms with E-state index in [4.69, 9.17) is 5.73 Å². The quantitative estimate of drug-likeness (QED) is 0.396. The fourth-order valence-corrected chi connectivity index (χ4v) is 3.67. The Morgan fingerprint density at radius 3 is 2.38 bits per heavy atom. The highest BCUT2D eigenvalue weighted by atomic mass is 16.2. The van der Waals surface area contributed by atoms with Gasteiger partial charge in [0.05, 0.1) is 12.2 Å². The van der Waals surface area contributed by atoms with Gasteiger partial charge >= 0.3 is 5.69 Å². The van der Waals surface area contributed by atoms with Gasteiger partial charge in [-0.25, -0.2) is 4.79 Å². The van der Waals surface area contributed by atoms with Gasteiger partial charge in [0, 0.05) is 24.2 Å². The van der Waals surface area contributed by atoms with E-state index in [9.17, 15) is 19.2 Å². The number of aromatic nitrogens is 2. The summed E-state index contributed by atoms with van der Waals surface area (Å²) in [4.78, 5) is 54.4. The van der Waals surface area contributed by atoms with E-state index in [0.29, 0.717) is 36.3 Å². The first kappa shape index (κ1) is 24.5. The molecule has 34 heavy (non-hydrogen) atoms. The number of rotatable bonds is 10. The number of hydrogen-bond donors (Lipinski definition) is 3. The van der Waals surface area contributed by atoms with Crippen molar-refractivity contribution in [3.8, 4) is 0 Å². The Morgan fingerprint density at radius 2 is 1.71 bits per heavy atom. The molecule has 1 heterocycles. The van der Waals surface area contributed by atoms with Gasteiger partial charge in [0.1, 0.15) is 11.5 Å². The van der Waals surface area contributed by atoms with Gasteiger partial charge in [-0.05, 0) is 25.5 Å². The number of carbonyl (C=O) groups excluding carboxylic acids is 2. The van der Waals surface area contributed by atoms with Crippen LogP contribution in [0, 0.1) is 0 Å². The van der Waals surface area contributed by atoms with Crippen molar-refractivity contribution in [2.24, 2.45) is 0 Å². The molecule has 9 nitrogen and oxygen atoms in total. The maximum Gasteiger partial charge on any atom is 0.330 e. The zero-order chi connectivity index (χ0) is 24.7. The van der Waals surface area contributed by atoms with Gasteiger partial charge in [0.15, 0.2) is 5.78 Å². The van der Waals surface area contributed by atoms with Crippen molar-refractivity contribution in [3.63, 3.8) is 0 Å². The number of unbranched alkanes of at least 4 members (excludes halogenated alkanes) is 1. The van der Waals surface area contributed by atoms with E-state index in [1.54, 1.807) is 55.5 Å². The van der Waals surface area contributed by atoms with E-state index in [1.165, 1.54) is 9.47 Å². The van der Waals surface area contributed by atoms with Gasteiger partial charge in [-0.15, -0.1) is 0 Å². The maximum atomic E-state index is 12.9. The third-order valence-corrected chi connectivity index (χ3v) is 5.46. The molecule has 0 atom stereocenters. The Bertz CT molecular complexity index is 1280. The molecule has 0 fully saturated rings. The molecule has 0 aliphatic heterocycles. The third-order valence-electron chi connectivity index (χ3n) is 5.46. The zero-order valence-electron chi connectivity index (χ0n) is 19.3. The lowest BCUT2D eigenvalue weighted by atomic mass is 10.0.